The zero-order valence-corrected chi connectivity index (χ0v) is 13.1. The summed E-state index contributed by atoms with van der Waals surface area (Å²) >= 11 is 0. The highest BCUT2D eigenvalue weighted by Gasteiger charge is 2.23. The number of nitrogens with zero attached hydrogens (tertiary/aromatic N) is 4. The molecule has 118 valence electrons. The van der Waals surface area contributed by atoms with Crippen molar-refractivity contribution in [1.82, 2.24) is 19.7 Å². The van der Waals surface area contributed by atoms with E-state index in [1.807, 2.05) is 4.57 Å². The van der Waals surface area contributed by atoms with Gasteiger partial charge in [0.15, 0.2) is 5.82 Å². The summed E-state index contributed by atoms with van der Waals surface area (Å²) in [5.41, 5.74) is 5.77. The smallest absolute Gasteiger partial charge is 0.239 e. The second kappa shape index (κ2) is 6.10. The quantitative estimate of drug-likeness (QED) is 0.716. The van der Waals surface area contributed by atoms with Gasteiger partial charge in [0.05, 0.1) is 18.3 Å². The molecule has 9 heteroatoms. The Kier molecular flexibility index (Phi) is 4.62. The molecule has 0 saturated heterocycles. The SMILES string of the molecule is CN(Cc1nnc2n1CCC2)C(=O)C(N)CCS(C)(=O)=O. The van der Waals surface area contributed by atoms with Gasteiger partial charge in [-0.2, -0.15) is 0 Å². The Labute approximate surface area is 124 Å². The third-order valence-corrected chi connectivity index (χ3v) is 4.54. The molecule has 0 aliphatic carbocycles. The molecular formula is C12H21N5O3S. The molecule has 0 radical (unpaired) electrons. The monoisotopic (exact) mass is 315 g/mol. The van der Waals surface area contributed by atoms with Crippen LogP contribution in [0.1, 0.15) is 24.5 Å². The summed E-state index contributed by atoms with van der Waals surface area (Å²) in [7, 11) is -1.48. The predicted molar refractivity (Wildman–Crippen MR) is 77.1 cm³/mol. The summed E-state index contributed by atoms with van der Waals surface area (Å²) in [6.45, 7) is 1.21. The minimum absolute atomic E-state index is 0.0892. The van der Waals surface area contributed by atoms with Gasteiger partial charge < -0.3 is 15.2 Å². The van der Waals surface area contributed by atoms with Crippen LogP contribution in [0.3, 0.4) is 0 Å². The maximum absolute atomic E-state index is 12.1. The summed E-state index contributed by atoms with van der Waals surface area (Å²) in [5, 5.41) is 8.17. The third kappa shape index (κ3) is 4.01. The second-order valence-corrected chi connectivity index (χ2v) is 7.77. The van der Waals surface area contributed by atoms with E-state index in [-0.39, 0.29) is 18.1 Å². The molecule has 1 unspecified atom stereocenters. The van der Waals surface area contributed by atoms with Crippen molar-refractivity contribution in [2.24, 2.45) is 5.73 Å². The predicted octanol–water partition coefficient (Wildman–Crippen LogP) is -1.06. The van der Waals surface area contributed by atoms with Crippen LogP contribution in [0.2, 0.25) is 0 Å². The van der Waals surface area contributed by atoms with Crippen molar-refractivity contribution < 1.29 is 13.2 Å². The van der Waals surface area contributed by atoms with E-state index in [2.05, 4.69) is 10.2 Å². The minimum atomic E-state index is -3.11. The Morgan fingerprint density at radius 3 is 2.86 bits per heavy atom. The lowest BCUT2D eigenvalue weighted by molar-refractivity contribution is -0.132. The van der Waals surface area contributed by atoms with Gasteiger partial charge in [0.2, 0.25) is 5.91 Å². The number of sulfone groups is 1. The van der Waals surface area contributed by atoms with Crippen molar-refractivity contribution in [3.05, 3.63) is 11.6 Å². The number of likely N-dealkylation sites (N-methyl/N-ethyl adjacent to an activating group) is 1. The lowest BCUT2D eigenvalue weighted by Crippen LogP contribution is -2.42. The first kappa shape index (κ1) is 15.9. The van der Waals surface area contributed by atoms with E-state index in [1.54, 1.807) is 7.05 Å². The maximum Gasteiger partial charge on any atom is 0.239 e. The van der Waals surface area contributed by atoms with Crippen LogP contribution in [0, 0.1) is 0 Å². The molecule has 8 nitrogen and oxygen atoms in total. The van der Waals surface area contributed by atoms with E-state index in [4.69, 9.17) is 5.73 Å². The molecule has 0 fully saturated rings. The number of hydrogen-bond acceptors (Lipinski definition) is 6. The highest BCUT2D eigenvalue weighted by Crippen LogP contribution is 2.15. The van der Waals surface area contributed by atoms with Crippen LogP contribution in [-0.2, 0) is 34.1 Å². The van der Waals surface area contributed by atoms with Crippen molar-refractivity contribution >= 4 is 15.7 Å². The van der Waals surface area contributed by atoms with Gasteiger partial charge in [0.25, 0.3) is 0 Å². The molecule has 2 N–H and O–H groups in total. The van der Waals surface area contributed by atoms with E-state index in [1.165, 1.54) is 4.90 Å². The fourth-order valence-corrected chi connectivity index (χ4v) is 3.05. The number of fused-ring (bicyclic) bond motifs is 1. The first-order chi connectivity index (χ1) is 9.78. The molecular weight excluding hydrogens is 294 g/mol. The molecule has 1 aliphatic rings. The summed E-state index contributed by atoms with van der Waals surface area (Å²) < 4.78 is 24.2. The van der Waals surface area contributed by atoms with Gasteiger partial charge in [-0.3, -0.25) is 4.79 Å². The number of hydrogen-bond donors (Lipinski definition) is 1. The maximum atomic E-state index is 12.1. The zero-order chi connectivity index (χ0) is 15.6. The average Bonchev–Trinajstić information content (AvgIpc) is 2.99. The van der Waals surface area contributed by atoms with Crippen LogP contribution in [0.15, 0.2) is 0 Å². The fraction of sp³-hybridized carbons (Fsp3) is 0.750. The topological polar surface area (TPSA) is 111 Å². The number of carbonyl (C=O) groups is 1. The Morgan fingerprint density at radius 1 is 1.48 bits per heavy atom. The molecule has 1 aromatic rings. The molecule has 0 spiro atoms. The molecule has 2 rings (SSSR count). The normalized spacial score (nSPS) is 15.8. The van der Waals surface area contributed by atoms with Crippen LogP contribution in [0.5, 0.6) is 0 Å². The number of rotatable bonds is 6. The van der Waals surface area contributed by atoms with Crippen molar-refractivity contribution in [1.29, 1.82) is 0 Å². The number of nitrogens with two attached hydrogens (primary N) is 1. The van der Waals surface area contributed by atoms with E-state index in [0.717, 1.165) is 37.3 Å². The van der Waals surface area contributed by atoms with Gasteiger partial charge >= 0.3 is 0 Å². The zero-order valence-electron chi connectivity index (χ0n) is 12.3. The van der Waals surface area contributed by atoms with Gasteiger partial charge in [-0.25, -0.2) is 8.42 Å². The molecule has 1 aliphatic heterocycles. The first-order valence-electron chi connectivity index (χ1n) is 6.87. The molecule has 2 heterocycles. The van der Waals surface area contributed by atoms with E-state index in [0.29, 0.717) is 6.54 Å². The summed E-state index contributed by atoms with van der Waals surface area (Å²) in [4.78, 5) is 13.6. The van der Waals surface area contributed by atoms with Crippen LogP contribution in [0.4, 0.5) is 0 Å². The summed E-state index contributed by atoms with van der Waals surface area (Å²) in [6, 6.07) is -0.814. The van der Waals surface area contributed by atoms with E-state index >= 15 is 0 Å². The van der Waals surface area contributed by atoms with Crippen LogP contribution < -0.4 is 5.73 Å². The summed E-state index contributed by atoms with van der Waals surface area (Å²) in [6.07, 6.45) is 3.22. The molecule has 1 aromatic heterocycles. The average molecular weight is 315 g/mol. The van der Waals surface area contributed by atoms with Crippen molar-refractivity contribution in [3.8, 4) is 0 Å². The fourth-order valence-electron chi connectivity index (χ4n) is 2.37. The van der Waals surface area contributed by atoms with Crippen LogP contribution in [0.25, 0.3) is 0 Å². The lowest BCUT2D eigenvalue weighted by atomic mass is 10.2. The number of aromatic nitrogens is 3. The van der Waals surface area contributed by atoms with Crippen molar-refractivity contribution in [2.45, 2.75) is 38.4 Å². The Hall–Kier alpha value is -1.48. The molecule has 1 amide bonds. The largest absolute Gasteiger partial charge is 0.337 e. The van der Waals surface area contributed by atoms with Crippen LogP contribution >= 0.6 is 0 Å². The van der Waals surface area contributed by atoms with Crippen LogP contribution in [-0.4, -0.2) is 59.1 Å². The molecule has 21 heavy (non-hydrogen) atoms. The molecule has 0 saturated carbocycles. The van der Waals surface area contributed by atoms with Gasteiger partial charge in [-0.15, -0.1) is 10.2 Å². The van der Waals surface area contributed by atoms with E-state index < -0.39 is 15.9 Å². The number of amides is 1. The highest BCUT2D eigenvalue weighted by atomic mass is 32.2. The van der Waals surface area contributed by atoms with Gasteiger partial charge in [-0.1, -0.05) is 0 Å². The molecule has 0 aromatic carbocycles. The molecule has 0 bridgehead atoms. The van der Waals surface area contributed by atoms with Crippen molar-refractivity contribution in [2.75, 3.05) is 19.1 Å². The lowest BCUT2D eigenvalue weighted by Gasteiger charge is -2.20. The number of carbonyl (C=O) groups excluding carboxylic acids is 1. The van der Waals surface area contributed by atoms with Gasteiger partial charge in [0, 0.05) is 26.3 Å². The number of aryl methyl sites for hydroxylation is 1. The second-order valence-electron chi connectivity index (χ2n) is 5.51. The highest BCUT2D eigenvalue weighted by molar-refractivity contribution is 7.90. The summed E-state index contributed by atoms with van der Waals surface area (Å²) in [5.74, 6) is 1.32. The van der Waals surface area contributed by atoms with Gasteiger partial charge in [-0.05, 0) is 12.8 Å². The Bertz CT molecular complexity index is 625. The standard InChI is InChI=1S/C12H21N5O3S/c1-16(12(18)9(13)5-7-21(2,19)20)8-11-15-14-10-4-3-6-17(10)11/h9H,3-8,13H2,1-2H3. The first-order valence-corrected chi connectivity index (χ1v) is 8.93. The van der Waals surface area contributed by atoms with E-state index in [9.17, 15) is 13.2 Å². The Morgan fingerprint density at radius 2 is 2.19 bits per heavy atom. The Balaban J connectivity index is 1.93. The van der Waals surface area contributed by atoms with Gasteiger partial charge in [0.1, 0.15) is 15.7 Å². The molecule has 1 atom stereocenters. The third-order valence-electron chi connectivity index (χ3n) is 3.56. The minimum Gasteiger partial charge on any atom is -0.337 e. The van der Waals surface area contributed by atoms with Crippen molar-refractivity contribution in [3.63, 3.8) is 0 Å².